The third-order valence-electron chi connectivity index (χ3n) is 1.80. The Bertz CT molecular complexity index is 100. The molecule has 0 aliphatic carbocycles. The average molecular weight is 165 g/mol. The fourth-order valence-electron chi connectivity index (χ4n) is 0.694. The van der Waals surface area contributed by atoms with Crippen molar-refractivity contribution in [2.45, 2.75) is 38.7 Å². The lowest BCUT2D eigenvalue weighted by Crippen LogP contribution is -2.29. The molecule has 0 bridgehead atoms. The number of rotatable bonds is 5. The summed E-state index contributed by atoms with van der Waals surface area (Å²) in [7, 11) is 0. The second kappa shape index (κ2) is 4.65. The Kier molecular flexibility index (Phi) is 4.57. The number of ether oxygens (including phenoxy) is 1. The summed E-state index contributed by atoms with van der Waals surface area (Å²) in [6.45, 7) is 6.97. The molecule has 0 fully saturated rings. The van der Waals surface area contributed by atoms with E-state index in [2.05, 4.69) is 6.92 Å². The van der Waals surface area contributed by atoms with Gasteiger partial charge >= 0.3 is 0 Å². The summed E-state index contributed by atoms with van der Waals surface area (Å²) in [4.78, 5) is 0. The lowest BCUT2D eigenvalue weighted by molar-refractivity contribution is -0.0684. The lowest BCUT2D eigenvalue weighted by Gasteiger charge is -2.26. The van der Waals surface area contributed by atoms with E-state index in [-0.39, 0.29) is 0 Å². The van der Waals surface area contributed by atoms with Crippen LogP contribution in [-0.4, -0.2) is 18.6 Å². The molecule has 0 aliphatic heterocycles. The summed E-state index contributed by atoms with van der Waals surface area (Å²) < 4.78 is 28.3. The standard InChI is InChI=1S/C8H15F2O/c1-4-8(3,5-2)11-6-7(9)10/h7H,3-6H2,1-2H3. The largest absolute Gasteiger partial charge is 0.369 e. The van der Waals surface area contributed by atoms with Gasteiger partial charge in [0, 0.05) is 0 Å². The molecule has 0 saturated heterocycles. The normalized spacial score (nSPS) is 12.5. The molecule has 0 heterocycles. The van der Waals surface area contributed by atoms with Gasteiger partial charge in [0.25, 0.3) is 6.43 Å². The first-order valence-electron chi connectivity index (χ1n) is 3.81. The van der Waals surface area contributed by atoms with Crippen LogP contribution in [0.3, 0.4) is 0 Å². The van der Waals surface area contributed by atoms with Crippen molar-refractivity contribution in [2.24, 2.45) is 0 Å². The molecular formula is C8H15F2O. The monoisotopic (exact) mass is 165 g/mol. The molecule has 67 valence electrons. The van der Waals surface area contributed by atoms with Crippen LogP contribution < -0.4 is 0 Å². The Morgan fingerprint density at radius 3 is 2.09 bits per heavy atom. The van der Waals surface area contributed by atoms with Gasteiger partial charge in [-0.3, -0.25) is 0 Å². The van der Waals surface area contributed by atoms with Crippen LogP contribution in [0.4, 0.5) is 8.78 Å². The van der Waals surface area contributed by atoms with Crippen molar-refractivity contribution in [3.8, 4) is 0 Å². The maximum atomic E-state index is 11.7. The van der Waals surface area contributed by atoms with Crippen LogP contribution in [0, 0.1) is 6.92 Å². The molecule has 1 radical (unpaired) electrons. The molecule has 0 aromatic carbocycles. The fraction of sp³-hybridized carbons (Fsp3) is 0.875. The summed E-state index contributed by atoms with van der Waals surface area (Å²) >= 11 is 0. The highest BCUT2D eigenvalue weighted by molar-refractivity contribution is 4.80. The Morgan fingerprint density at radius 1 is 1.36 bits per heavy atom. The van der Waals surface area contributed by atoms with Crippen LogP contribution in [0.5, 0.6) is 0 Å². The van der Waals surface area contributed by atoms with Crippen molar-refractivity contribution < 1.29 is 13.5 Å². The zero-order valence-electron chi connectivity index (χ0n) is 7.07. The molecule has 11 heavy (non-hydrogen) atoms. The maximum Gasteiger partial charge on any atom is 0.261 e. The Labute approximate surface area is 66.7 Å². The number of hydrogen-bond acceptors (Lipinski definition) is 1. The summed E-state index contributed by atoms with van der Waals surface area (Å²) in [5.41, 5.74) is -0.615. The van der Waals surface area contributed by atoms with Gasteiger partial charge < -0.3 is 4.74 Å². The number of hydrogen-bond donors (Lipinski definition) is 0. The topological polar surface area (TPSA) is 9.23 Å². The van der Waals surface area contributed by atoms with Gasteiger partial charge in [0.05, 0.1) is 5.60 Å². The van der Waals surface area contributed by atoms with Crippen LogP contribution in [-0.2, 0) is 4.74 Å². The van der Waals surface area contributed by atoms with Crippen LogP contribution in [0.25, 0.3) is 0 Å². The molecule has 0 saturated carbocycles. The van der Waals surface area contributed by atoms with Gasteiger partial charge in [0.2, 0.25) is 0 Å². The van der Waals surface area contributed by atoms with E-state index in [1.54, 1.807) is 0 Å². The van der Waals surface area contributed by atoms with Gasteiger partial charge in [-0.2, -0.15) is 0 Å². The van der Waals surface area contributed by atoms with E-state index in [0.717, 1.165) is 0 Å². The zero-order valence-corrected chi connectivity index (χ0v) is 7.07. The minimum absolute atomic E-state index is 0.509. The summed E-state index contributed by atoms with van der Waals surface area (Å²) in [5, 5.41) is 0. The lowest BCUT2D eigenvalue weighted by atomic mass is 10.0. The minimum Gasteiger partial charge on any atom is -0.369 e. The highest BCUT2D eigenvalue weighted by Crippen LogP contribution is 2.19. The van der Waals surface area contributed by atoms with Gasteiger partial charge in [-0.05, 0) is 19.8 Å². The number of halogens is 2. The van der Waals surface area contributed by atoms with Crippen LogP contribution in [0.15, 0.2) is 0 Å². The molecule has 0 spiro atoms. The van der Waals surface area contributed by atoms with Crippen molar-refractivity contribution in [3.05, 3.63) is 6.92 Å². The van der Waals surface area contributed by atoms with Gasteiger partial charge in [-0.1, -0.05) is 13.8 Å². The molecule has 0 unspecified atom stereocenters. The third-order valence-corrected chi connectivity index (χ3v) is 1.80. The molecule has 0 aliphatic rings. The minimum atomic E-state index is -2.39. The molecule has 0 atom stereocenters. The van der Waals surface area contributed by atoms with Crippen LogP contribution in [0.1, 0.15) is 26.7 Å². The maximum absolute atomic E-state index is 11.7. The second-order valence-corrected chi connectivity index (χ2v) is 2.59. The molecular weight excluding hydrogens is 150 g/mol. The highest BCUT2D eigenvalue weighted by atomic mass is 19.3. The van der Waals surface area contributed by atoms with Gasteiger partial charge in [0.1, 0.15) is 6.61 Å². The smallest absolute Gasteiger partial charge is 0.261 e. The summed E-state index contributed by atoms with van der Waals surface area (Å²) in [6.07, 6.45) is -1.07. The predicted molar refractivity (Wildman–Crippen MR) is 40.6 cm³/mol. The van der Waals surface area contributed by atoms with Crippen molar-refractivity contribution >= 4 is 0 Å². The van der Waals surface area contributed by atoms with Gasteiger partial charge in [-0.25, -0.2) is 8.78 Å². The van der Waals surface area contributed by atoms with E-state index in [4.69, 9.17) is 4.74 Å². The van der Waals surface area contributed by atoms with Crippen LogP contribution >= 0.6 is 0 Å². The van der Waals surface area contributed by atoms with E-state index in [0.29, 0.717) is 12.8 Å². The average Bonchev–Trinajstić information content (AvgIpc) is 2.00. The number of alkyl halides is 2. The second-order valence-electron chi connectivity index (χ2n) is 2.59. The van der Waals surface area contributed by atoms with Gasteiger partial charge in [0.15, 0.2) is 0 Å². The first-order chi connectivity index (χ1) is 5.04. The predicted octanol–water partition coefficient (Wildman–Crippen LogP) is 2.66. The molecule has 0 N–H and O–H groups in total. The SMILES string of the molecule is [CH2]C(CC)(CC)OCC(F)F. The first-order valence-corrected chi connectivity index (χ1v) is 3.81. The van der Waals surface area contributed by atoms with E-state index < -0.39 is 18.6 Å². The van der Waals surface area contributed by atoms with E-state index in [1.807, 2.05) is 13.8 Å². The first kappa shape index (κ1) is 10.8. The molecule has 0 rings (SSSR count). The molecule has 0 amide bonds. The zero-order chi connectivity index (χ0) is 8.91. The van der Waals surface area contributed by atoms with Crippen molar-refractivity contribution in [1.82, 2.24) is 0 Å². The van der Waals surface area contributed by atoms with Crippen LogP contribution in [0.2, 0.25) is 0 Å². The quantitative estimate of drug-likeness (QED) is 0.608. The van der Waals surface area contributed by atoms with E-state index >= 15 is 0 Å². The molecule has 0 aromatic rings. The van der Waals surface area contributed by atoms with E-state index in [9.17, 15) is 8.78 Å². The molecule has 0 aromatic heterocycles. The van der Waals surface area contributed by atoms with Crippen molar-refractivity contribution in [2.75, 3.05) is 6.61 Å². The fourth-order valence-corrected chi connectivity index (χ4v) is 0.694. The Balaban J connectivity index is 3.69. The van der Waals surface area contributed by atoms with E-state index in [1.165, 1.54) is 0 Å². The van der Waals surface area contributed by atoms with Gasteiger partial charge in [-0.15, -0.1) is 0 Å². The summed E-state index contributed by atoms with van der Waals surface area (Å²) in [6, 6.07) is 0. The van der Waals surface area contributed by atoms with Crippen molar-refractivity contribution in [3.63, 3.8) is 0 Å². The Morgan fingerprint density at radius 2 is 1.82 bits per heavy atom. The highest BCUT2D eigenvalue weighted by Gasteiger charge is 2.21. The molecule has 3 heteroatoms. The third kappa shape index (κ3) is 4.30. The van der Waals surface area contributed by atoms with Crippen molar-refractivity contribution in [1.29, 1.82) is 0 Å². The molecule has 1 nitrogen and oxygen atoms in total. The Hall–Kier alpha value is -0.180. The summed E-state index contributed by atoms with van der Waals surface area (Å²) in [5.74, 6) is 0.